The molecule has 0 aliphatic heterocycles. The Bertz CT molecular complexity index is 770. The number of nitrogens with zero attached hydrogens (tertiary/aromatic N) is 4. The van der Waals surface area contributed by atoms with Gasteiger partial charge in [0.05, 0.1) is 20.3 Å². The van der Waals surface area contributed by atoms with Gasteiger partial charge < -0.3 is 14.8 Å². The molecule has 3 rings (SSSR count). The van der Waals surface area contributed by atoms with Gasteiger partial charge in [0.15, 0.2) is 11.5 Å². The van der Waals surface area contributed by atoms with E-state index in [-0.39, 0.29) is 0 Å². The van der Waals surface area contributed by atoms with Gasteiger partial charge in [-0.15, -0.1) is 15.3 Å². The third-order valence-corrected chi connectivity index (χ3v) is 3.40. The Hall–Kier alpha value is -2.67. The number of rotatable bonds is 7. The number of anilines is 1. The Morgan fingerprint density at radius 3 is 2.70 bits per heavy atom. The molecule has 0 saturated heterocycles. The largest absolute Gasteiger partial charge is 0.497 e. The van der Waals surface area contributed by atoms with Gasteiger partial charge in [0.1, 0.15) is 11.6 Å². The second-order valence-electron chi connectivity index (χ2n) is 5.06. The van der Waals surface area contributed by atoms with E-state index in [9.17, 15) is 0 Å². The van der Waals surface area contributed by atoms with Crippen molar-refractivity contribution in [1.82, 2.24) is 19.8 Å². The van der Waals surface area contributed by atoms with E-state index >= 15 is 0 Å². The third-order valence-electron chi connectivity index (χ3n) is 3.40. The molecule has 23 heavy (non-hydrogen) atoms. The SMILES string of the molecule is COc1ccc(COCCNc2ccc3nnc(C)n3n2)cc1. The highest BCUT2D eigenvalue weighted by molar-refractivity contribution is 5.43. The summed E-state index contributed by atoms with van der Waals surface area (Å²) in [5, 5.41) is 15.6. The van der Waals surface area contributed by atoms with Crippen molar-refractivity contribution in [1.29, 1.82) is 0 Å². The van der Waals surface area contributed by atoms with E-state index in [1.54, 1.807) is 11.6 Å². The highest BCUT2D eigenvalue weighted by Gasteiger charge is 2.03. The van der Waals surface area contributed by atoms with Gasteiger partial charge in [0.25, 0.3) is 0 Å². The molecule has 0 amide bonds. The van der Waals surface area contributed by atoms with Crippen LogP contribution >= 0.6 is 0 Å². The van der Waals surface area contributed by atoms with Crippen LogP contribution in [0.25, 0.3) is 5.65 Å². The fraction of sp³-hybridized carbons (Fsp3) is 0.312. The van der Waals surface area contributed by atoms with E-state index in [0.29, 0.717) is 19.8 Å². The molecule has 1 aromatic carbocycles. The van der Waals surface area contributed by atoms with E-state index in [0.717, 1.165) is 28.6 Å². The maximum Gasteiger partial charge on any atom is 0.178 e. The number of methoxy groups -OCH3 is 1. The lowest BCUT2D eigenvalue weighted by atomic mass is 10.2. The molecule has 0 unspecified atom stereocenters. The van der Waals surface area contributed by atoms with E-state index < -0.39 is 0 Å². The Morgan fingerprint density at radius 2 is 1.91 bits per heavy atom. The number of ether oxygens (including phenoxy) is 2. The predicted molar refractivity (Wildman–Crippen MR) is 86.7 cm³/mol. The van der Waals surface area contributed by atoms with Gasteiger partial charge in [-0.1, -0.05) is 12.1 Å². The summed E-state index contributed by atoms with van der Waals surface area (Å²) in [6.45, 7) is 3.71. The van der Waals surface area contributed by atoms with Gasteiger partial charge in [0.2, 0.25) is 0 Å². The molecule has 0 radical (unpaired) electrons. The number of hydrogen-bond acceptors (Lipinski definition) is 6. The first-order chi connectivity index (χ1) is 11.3. The molecule has 3 aromatic rings. The number of aromatic nitrogens is 4. The molecule has 1 N–H and O–H groups in total. The molecule has 2 heterocycles. The molecule has 0 fully saturated rings. The van der Waals surface area contributed by atoms with Gasteiger partial charge in [-0.05, 0) is 36.8 Å². The lowest BCUT2D eigenvalue weighted by Gasteiger charge is -2.07. The van der Waals surface area contributed by atoms with Crippen LogP contribution in [0.5, 0.6) is 5.75 Å². The van der Waals surface area contributed by atoms with Crippen LogP contribution in [0.2, 0.25) is 0 Å². The maximum absolute atomic E-state index is 5.65. The lowest BCUT2D eigenvalue weighted by Crippen LogP contribution is -2.11. The normalized spacial score (nSPS) is 10.9. The van der Waals surface area contributed by atoms with Gasteiger partial charge >= 0.3 is 0 Å². The summed E-state index contributed by atoms with van der Waals surface area (Å²) in [5.74, 6) is 2.38. The van der Waals surface area contributed by atoms with Gasteiger partial charge in [-0.3, -0.25) is 0 Å². The average Bonchev–Trinajstić information content (AvgIpc) is 2.96. The van der Waals surface area contributed by atoms with Crippen LogP contribution in [0.4, 0.5) is 5.82 Å². The summed E-state index contributed by atoms with van der Waals surface area (Å²) in [6, 6.07) is 11.6. The zero-order valence-corrected chi connectivity index (χ0v) is 13.2. The van der Waals surface area contributed by atoms with Gasteiger partial charge in [0, 0.05) is 6.54 Å². The first-order valence-corrected chi connectivity index (χ1v) is 7.40. The monoisotopic (exact) mass is 313 g/mol. The highest BCUT2D eigenvalue weighted by atomic mass is 16.5. The Morgan fingerprint density at radius 1 is 1.09 bits per heavy atom. The molecule has 0 atom stereocenters. The summed E-state index contributed by atoms with van der Waals surface area (Å²) >= 11 is 0. The number of benzene rings is 1. The summed E-state index contributed by atoms with van der Waals surface area (Å²) in [5.41, 5.74) is 1.86. The third kappa shape index (κ3) is 3.75. The molecule has 0 aliphatic rings. The second kappa shape index (κ2) is 7.06. The van der Waals surface area contributed by atoms with Crippen LogP contribution in [0.15, 0.2) is 36.4 Å². The fourth-order valence-electron chi connectivity index (χ4n) is 2.15. The smallest absolute Gasteiger partial charge is 0.178 e. The minimum Gasteiger partial charge on any atom is -0.497 e. The van der Waals surface area contributed by atoms with Crippen molar-refractivity contribution in [3.05, 3.63) is 47.8 Å². The molecule has 7 nitrogen and oxygen atoms in total. The quantitative estimate of drug-likeness (QED) is 0.673. The number of fused-ring (bicyclic) bond motifs is 1. The van der Waals surface area contributed by atoms with E-state index in [1.165, 1.54) is 0 Å². The van der Waals surface area contributed by atoms with Gasteiger partial charge in [-0.2, -0.15) is 4.52 Å². The van der Waals surface area contributed by atoms with Crippen molar-refractivity contribution in [2.75, 3.05) is 25.6 Å². The first kappa shape index (κ1) is 15.2. The van der Waals surface area contributed by atoms with Crippen LogP contribution in [-0.4, -0.2) is 40.1 Å². The molecule has 0 saturated carbocycles. The second-order valence-corrected chi connectivity index (χ2v) is 5.06. The van der Waals surface area contributed by atoms with E-state index in [4.69, 9.17) is 9.47 Å². The molecule has 0 aliphatic carbocycles. The van der Waals surface area contributed by atoms with E-state index in [2.05, 4.69) is 20.6 Å². The Labute approximate surface area is 134 Å². The Kier molecular flexibility index (Phi) is 4.68. The molecule has 0 spiro atoms. The van der Waals surface area contributed by atoms with Crippen molar-refractivity contribution in [2.45, 2.75) is 13.5 Å². The zero-order chi connectivity index (χ0) is 16.1. The van der Waals surface area contributed by atoms with Crippen LogP contribution in [0, 0.1) is 6.92 Å². The fourth-order valence-corrected chi connectivity index (χ4v) is 2.15. The summed E-state index contributed by atoms with van der Waals surface area (Å²) < 4.78 is 12.5. The van der Waals surface area contributed by atoms with Crippen LogP contribution in [-0.2, 0) is 11.3 Å². The predicted octanol–water partition coefficient (Wildman–Crippen LogP) is 2.07. The van der Waals surface area contributed by atoms with E-state index in [1.807, 2.05) is 43.3 Å². The minimum absolute atomic E-state index is 0.572. The lowest BCUT2D eigenvalue weighted by molar-refractivity contribution is 0.130. The van der Waals surface area contributed by atoms with Crippen molar-refractivity contribution in [3.8, 4) is 5.75 Å². The van der Waals surface area contributed by atoms with Crippen molar-refractivity contribution in [2.24, 2.45) is 0 Å². The summed E-state index contributed by atoms with van der Waals surface area (Å²) in [7, 11) is 1.66. The van der Waals surface area contributed by atoms with Crippen LogP contribution in [0.1, 0.15) is 11.4 Å². The van der Waals surface area contributed by atoms with Gasteiger partial charge in [-0.25, -0.2) is 0 Å². The van der Waals surface area contributed by atoms with Crippen molar-refractivity contribution in [3.63, 3.8) is 0 Å². The number of aryl methyl sites for hydroxylation is 1. The topological polar surface area (TPSA) is 73.6 Å². The maximum atomic E-state index is 5.65. The highest BCUT2D eigenvalue weighted by Crippen LogP contribution is 2.12. The summed E-state index contributed by atoms with van der Waals surface area (Å²) in [4.78, 5) is 0. The Balaban J connectivity index is 1.44. The molecule has 7 heteroatoms. The summed E-state index contributed by atoms with van der Waals surface area (Å²) in [6.07, 6.45) is 0. The molecule has 2 aromatic heterocycles. The van der Waals surface area contributed by atoms with Crippen molar-refractivity contribution < 1.29 is 9.47 Å². The number of hydrogen-bond donors (Lipinski definition) is 1. The van der Waals surface area contributed by atoms with Crippen molar-refractivity contribution >= 4 is 11.5 Å². The molecular formula is C16H19N5O2. The first-order valence-electron chi connectivity index (χ1n) is 7.40. The van der Waals surface area contributed by atoms with Crippen LogP contribution in [0.3, 0.4) is 0 Å². The molecule has 120 valence electrons. The average molecular weight is 313 g/mol. The minimum atomic E-state index is 0.572. The molecular weight excluding hydrogens is 294 g/mol. The standard InChI is InChI=1S/C16H19N5O2/c1-12-18-19-16-8-7-15(20-21(12)16)17-9-10-23-11-13-3-5-14(22-2)6-4-13/h3-8H,9-11H2,1-2H3,(H,17,20). The number of nitrogens with one attached hydrogen (secondary N) is 1. The molecule has 0 bridgehead atoms. The van der Waals surface area contributed by atoms with Crippen LogP contribution < -0.4 is 10.1 Å². The zero-order valence-electron chi connectivity index (χ0n) is 13.2.